The highest BCUT2D eigenvalue weighted by molar-refractivity contribution is 9.10. The zero-order valence-corrected chi connectivity index (χ0v) is 20.2. The predicted octanol–water partition coefficient (Wildman–Crippen LogP) is 7.68. The van der Waals surface area contributed by atoms with E-state index in [1.165, 1.54) is 0 Å². The first-order valence-electron chi connectivity index (χ1n) is 11.3. The molecule has 0 atom stereocenters. The number of benzene rings is 5. The Morgan fingerprint density at radius 3 is 2.29 bits per heavy atom. The van der Waals surface area contributed by atoms with Gasteiger partial charge in [0.15, 0.2) is 5.78 Å². The molecule has 0 aliphatic heterocycles. The number of halogens is 1. The molecule has 0 radical (unpaired) electrons. The second-order valence-corrected chi connectivity index (χ2v) is 9.53. The van der Waals surface area contributed by atoms with E-state index < -0.39 is 0 Å². The van der Waals surface area contributed by atoms with Crippen LogP contribution in [-0.4, -0.2) is 5.78 Å². The van der Waals surface area contributed by atoms with Crippen molar-refractivity contribution in [1.82, 2.24) is 0 Å². The maximum atomic E-state index is 13.8. The van der Waals surface area contributed by atoms with Gasteiger partial charge in [0.2, 0.25) is 5.43 Å². The van der Waals surface area contributed by atoms with E-state index in [1.807, 2.05) is 84.9 Å². The summed E-state index contributed by atoms with van der Waals surface area (Å²) in [4.78, 5) is 27.5. The first-order chi connectivity index (χ1) is 17.1. The van der Waals surface area contributed by atoms with Crippen molar-refractivity contribution in [1.29, 1.82) is 0 Å². The van der Waals surface area contributed by atoms with Crippen LogP contribution >= 0.6 is 15.9 Å². The Labute approximate surface area is 209 Å². The van der Waals surface area contributed by atoms with Crippen LogP contribution in [0.25, 0.3) is 32.7 Å². The lowest BCUT2D eigenvalue weighted by Crippen LogP contribution is -2.11. The molecular formula is C31H19BrO3. The highest BCUT2D eigenvalue weighted by Crippen LogP contribution is 2.30. The van der Waals surface area contributed by atoms with Crippen molar-refractivity contribution in [3.63, 3.8) is 0 Å². The standard InChI is InChI=1S/C31H19BrO3/c32-23-13-10-22(11-14-23)29(33)26-17-20(16-19-6-2-1-3-7-19)18-27-28(26)30(34)25-15-12-21-8-4-5-9-24(21)31(25)35-27/h1-15,17-18H,16H2. The zero-order chi connectivity index (χ0) is 23.9. The minimum Gasteiger partial charge on any atom is -0.455 e. The number of carbonyl (C=O) groups excluding carboxylic acids is 1. The van der Waals surface area contributed by atoms with E-state index in [1.54, 1.807) is 18.2 Å². The van der Waals surface area contributed by atoms with Crippen molar-refractivity contribution in [2.24, 2.45) is 0 Å². The van der Waals surface area contributed by atoms with Crippen LogP contribution < -0.4 is 5.43 Å². The molecule has 35 heavy (non-hydrogen) atoms. The lowest BCUT2D eigenvalue weighted by Gasteiger charge is -2.12. The van der Waals surface area contributed by atoms with Gasteiger partial charge in [-0.3, -0.25) is 9.59 Å². The molecule has 0 bridgehead atoms. The van der Waals surface area contributed by atoms with Gasteiger partial charge in [-0.25, -0.2) is 0 Å². The predicted molar refractivity (Wildman–Crippen MR) is 144 cm³/mol. The fraction of sp³-hybridized carbons (Fsp3) is 0.0323. The lowest BCUT2D eigenvalue weighted by molar-refractivity contribution is 0.104. The summed E-state index contributed by atoms with van der Waals surface area (Å²) < 4.78 is 7.29. The van der Waals surface area contributed by atoms with Crippen LogP contribution in [0.15, 0.2) is 117 Å². The molecule has 1 heterocycles. The van der Waals surface area contributed by atoms with Crippen LogP contribution in [0.5, 0.6) is 0 Å². The topological polar surface area (TPSA) is 47.3 Å². The monoisotopic (exact) mass is 518 g/mol. The molecule has 0 fully saturated rings. The lowest BCUT2D eigenvalue weighted by atomic mass is 9.94. The molecule has 0 saturated carbocycles. The van der Waals surface area contributed by atoms with Crippen molar-refractivity contribution >= 4 is 54.4 Å². The van der Waals surface area contributed by atoms with Gasteiger partial charge in [0, 0.05) is 21.0 Å². The number of hydrogen-bond acceptors (Lipinski definition) is 3. The van der Waals surface area contributed by atoms with Gasteiger partial charge in [-0.15, -0.1) is 0 Å². The maximum absolute atomic E-state index is 13.8. The fourth-order valence-electron chi connectivity index (χ4n) is 4.63. The molecule has 6 rings (SSSR count). The molecule has 0 N–H and O–H groups in total. The third-order valence-corrected chi connectivity index (χ3v) is 6.86. The Hall–Kier alpha value is -4.02. The normalized spacial score (nSPS) is 11.3. The van der Waals surface area contributed by atoms with E-state index in [9.17, 15) is 9.59 Å². The third-order valence-electron chi connectivity index (χ3n) is 6.33. The molecule has 3 nitrogen and oxygen atoms in total. The molecule has 4 heteroatoms. The maximum Gasteiger partial charge on any atom is 0.201 e. The molecule has 0 aliphatic carbocycles. The largest absolute Gasteiger partial charge is 0.455 e. The second-order valence-electron chi connectivity index (χ2n) is 8.61. The molecule has 0 saturated heterocycles. The van der Waals surface area contributed by atoms with E-state index in [2.05, 4.69) is 15.9 Å². The summed E-state index contributed by atoms with van der Waals surface area (Å²) in [7, 11) is 0. The summed E-state index contributed by atoms with van der Waals surface area (Å²) in [6, 6.07) is 32.5. The van der Waals surface area contributed by atoms with Gasteiger partial charge >= 0.3 is 0 Å². The first-order valence-corrected chi connectivity index (χ1v) is 12.1. The average molecular weight is 519 g/mol. The number of rotatable bonds is 4. The van der Waals surface area contributed by atoms with Gasteiger partial charge in [0.1, 0.15) is 11.2 Å². The third kappa shape index (κ3) is 3.86. The minimum absolute atomic E-state index is 0.196. The highest BCUT2D eigenvalue weighted by Gasteiger charge is 2.20. The van der Waals surface area contributed by atoms with Gasteiger partial charge in [-0.05, 0) is 65.4 Å². The smallest absolute Gasteiger partial charge is 0.201 e. The fourth-order valence-corrected chi connectivity index (χ4v) is 4.90. The summed E-state index contributed by atoms with van der Waals surface area (Å²) >= 11 is 3.42. The molecule has 5 aromatic carbocycles. The van der Waals surface area contributed by atoms with E-state index >= 15 is 0 Å². The van der Waals surface area contributed by atoms with E-state index in [0.29, 0.717) is 39.5 Å². The van der Waals surface area contributed by atoms with Crippen LogP contribution in [0.1, 0.15) is 27.0 Å². The molecule has 168 valence electrons. The molecule has 6 aromatic rings. The molecule has 0 unspecified atom stereocenters. The second kappa shape index (κ2) is 8.64. The SMILES string of the molecule is O=C(c1ccc(Br)cc1)c1cc(Cc2ccccc2)cc2oc3c(ccc4ccccc43)c(=O)c12. The summed E-state index contributed by atoms with van der Waals surface area (Å²) in [5, 5.41) is 2.65. The van der Waals surface area contributed by atoms with Crippen LogP contribution in [-0.2, 0) is 6.42 Å². The van der Waals surface area contributed by atoms with Crippen molar-refractivity contribution in [2.45, 2.75) is 6.42 Å². The molecule has 0 spiro atoms. The Kier molecular flexibility index (Phi) is 5.31. The minimum atomic E-state index is -0.204. The quantitative estimate of drug-likeness (QED) is 0.136. The molecule has 0 aliphatic rings. The Bertz CT molecular complexity index is 1800. The molecular weight excluding hydrogens is 500 g/mol. The van der Waals surface area contributed by atoms with Crippen molar-refractivity contribution < 1.29 is 9.21 Å². The summed E-state index contributed by atoms with van der Waals surface area (Å²) in [6.07, 6.45) is 0.620. The molecule has 0 amide bonds. The van der Waals surface area contributed by atoms with Crippen LogP contribution in [0.3, 0.4) is 0 Å². The Morgan fingerprint density at radius 1 is 0.743 bits per heavy atom. The summed E-state index contributed by atoms with van der Waals surface area (Å²) in [5.41, 5.74) is 3.67. The van der Waals surface area contributed by atoms with Gasteiger partial charge in [-0.2, -0.15) is 0 Å². The van der Waals surface area contributed by atoms with Crippen LogP contribution in [0.4, 0.5) is 0 Å². The number of carbonyl (C=O) groups is 1. The van der Waals surface area contributed by atoms with Crippen molar-refractivity contribution in [3.8, 4) is 0 Å². The highest BCUT2D eigenvalue weighted by atomic mass is 79.9. The Balaban J connectivity index is 1.66. The first kappa shape index (κ1) is 21.5. The van der Waals surface area contributed by atoms with Gasteiger partial charge in [-0.1, -0.05) is 76.6 Å². The summed E-state index contributed by atoms with van der Waals surface area (Å²) in [5.74, 6) is -0.204. The van der Waals surface area contributed by atoms with Crippen molar-refractivity contribution in [2.75, 3.05) is 0 Å². The van der Waals surface area contributed by atoms with Crippen LogP contribution in [0.2, 0.25) is 0 Å². The number of fused-ring (bicyclic) bond motifs is 4. The van der Waals surface area contributed by atoms with E-state index in [0.717, 1.165) is 26.4 Å². The van der Waals surface area contributed by atoms with Gasteiger partial charge in [0.25, 0.3) is 0 Å². The Morgan fingerprint density at radius 2 is 1.49 bits per heavy atom. The van der Waals surface area contributed by atoms with Gasteiger partial charge in [0.05, 0.1) is 10.8 Å². The average Bonchev–Trinajstić information content (AvgIpc) is 2.89. The van der Waals surface area contributed by atoms with Crippen molar-refractivity contribution in [3.05, 3.63) is 140 Å². The van der Waals surface area contributed by atoms with E-state index in [-0.39, 0.29) is 11.2 Å². The van der Waals surface area contributed by atoms with Gasteiger partial charge < -0.3 is 4.42 Å². The van der Waals surface area contributed by atoms with Crippen LogP contribution in [0, 0.1) is 0 Å². The van der Waals surface area contributed by atoms with E-state index in [4.69, 9.17) is 4.42 Å². The number of hydrogen-bond donors (Lipinski definition) is 0. The zero-order valence-electron chi connectivity index (χ0n) is 18.6. The summed E-state index contributed by atoms with van der Waals surface area (Å²) in [6.45, 7) is 0. The number of ketones is 1. The molecule has 1 aromatic heterocycles.